The second-order valence-electron chi connectivity index (χ2n) is 7.68. The number of nitrogens with zero attached hydrogens (tertiary/aromatic N) is 1. The summed E-state index contributed by atoms with van der Waals surface area (Å²) in [5.74, 6) is -1.41. The van der Waals surface area contributed by atoms with Crippen LogP contribution in [0.25, 0.3) is 10.9 Å². The molecule has 2 heterocycles. The zero-order valence-corrected chi connectivity index (χ0v) is 16.8. The Balaban J connectivity index is 1.45. The number of para-hydroxylation sites is 1. The van der Waals surface area contributed by atoms with Gasteiger partial charge in [-0.3, -0.25) is 14.8 Å². The van der Waals surface area contributed by atoms with Crippen LogP contribution >= 0.6 is 0 Å². The van der Waals surface area contributed by atoms with E-state index in [4.69, 9.17) is 9.94 Å². The Bertz CT molecular complexity index is 1060. The molecule has 0 radical (unpaired) electrons. The van der Waals surface area contributed by atoms with Crippen LogP contribution in [0.2, 0.25) is 0 Å². The van der Waals surface area contributed by atoms with E-state index in [1.54, 1.807) is 17.6 Å². The predicted molar refractivity (Wildman–Crippen MR) is 112 cm³/mol. The Morgan fingerprint density at radius 1 is 1.17 bits per heavy atom. The molecular weight excluding hydrogens is 382 g/mol. The number of benzene rings is 2. The molecule has 3 aromatic rings. The zero-order valence-electron chi connectivity index (χ0n) is 16.8. The molecule has 0 saturated carbocycles. The van der Waals surface area contributed by atoms with Gasteiger partial charge in [0.15, 0.2) is 0 Å². The molecule has 3 N–H and O–H groups in total. The lowest BCUT2D eigenvalue weighted by molar-refractivity contribution is -0.138. The second-order valence-corrected chi connectivity index (χ2v) is 7.68. The first-order valence-corrected chi connectivity index (χ1v) is 10.0. The maximum atomic E-state index is 12.7. The highest BCUT2D eigenvalue weighted by Gasteiger charge is 2.32. The number of hydrogen-bond donors (Lipinski definition) is 3. The molecule has 4 rings (SSSR count). The van der Waals surface area contributed by atoms with E-state index in [2.05, 4.69) is 35.1 Å². The van der Waals surface area contributed by atoms with Gasteiger partial charge in [0.25, 0.3) is 11.8 Å². The number of carbonyl (C=O) groups is 2. The van der Waals surface area contributed by atoms with E-state index >= 15 is 0 Å². The number of ether oxygens (including phenoxy) is 1. The summed E-state index contributed by atoms with van der Waals surface area (Å²) in [6.45, 7) is 3.45. The van der Waals surface area contributed by atoms with E-state index in [0.29, 0.717) is 18.6 Å². The minimum Gasteiger partial charge on any atom is -0.380 e. The van der Waals surface area contributed by atoms with Crippen molar-refractivity contribution in [2.45, 2.75) is 25.9 Å². The van der Waals surface area contributed by atoms with Crippen molar-refractivity contribution in [3.8, 4) is 0 Å². The van der Waals surface area contributed by atoms with Gasteiger partial charge < -0.3 is 14.6 Å². The Morgan fingerprint density at radius 2 is 1.93 bits per heavy atom. The van der Waals surface area contributed by atoms with Gasteiger partial charge in [0.2, 0.25) is 0 Å². The summed E-state index contributed by atoms with van der Waals surface area (Å²) in [5.41, 5.74) is 5.69. The van der Waals surface area contributed by atoms with Gasteiger partial charge in [-0.25, -0.2) is 5.48 Å². The van der Waals surface area contributed by atoms with Crippen LogP contribution in [0.3, 0.4) is 0 Å². The van der Waals surface area contributed by atoms with Gasteiger partial charge in [-0.2, -0.15) is 0 Å². The Hall–Kier alpha value is -3.16. The molecule has 0 spiro atoms. The summed E-state index contributed by atoms with van der Waals surface area (Å²) in [6, 6.07) is 15.4. The molecular formula is C23H25N3O4. The molecule has 2 amide bonds. The van der Waals surface area contributed by atoms with Crippen LogP contribution < -0.4 is 10.8 Å². The molecule has 1 fully saturated rings. The number of fused-ring (bicyclic) bond motifs is 1. The highest BCUT2D eigenvalue weighted by atomic mass is 16.5. The fraction of sp³-hybridized carbons (Fsp3) is 0.304. The van der Waals surface area contributed by atoms with Crippen molar-refractivity contribution in [1.82, 2.24) is 15.4 Å². The normalized spacial score (nSPS) is 18.9. The molecule has 2 aromatic carbocycles. The number of carbonyl (C=O) groups excluding carboxylic acids is 2. The smallest absolute Gasteiger partial charge is 0.251 e. The van der Waals surface area contributed by atoms with Crippen LogP contribution in [0.15, 0.2) is 54.7 Å². The number of amides is 2. The number of rotatable bonds is 5. The van der Waals surface area contributed by atoms with Gasteiger partial charge >= 0.3 is 0 Å². The standard InChI is InChI=1S/C23H25N3O4/c1-15-12-26(21-5-3-2-4-18(15)21)13-16-6-8-17(9-7-16)22(27)24-20-10-11-30-14-19(20)23(28)25-29/h2-9,12,19-20,29H,10-11,13-14H2,1H3,(H,24,27)(H,25,28)/t19-,20+/m0/s1. The summed E-state index contributed by atoms with van der Waals surface area (Å²) in [5, 5.41) is 13.0. The first-order chi connectivity index (χ1) is 14.6. The van der Waals surface area contributed by atoms with Crippen LogP contribution in [-0.4, -0.2) is 40.8 Å². The Labute approximate surface area is 174 Å². The van der Waals surface area contributed by atoms with Gasteiger partial charge in [0.1, 0.15) is 0 Å². The maximum absolute atomic E-state index is 12.7. The van der Waals surface area contributed by atoms with E-state index in [0.717, 1.165) is 12.1 Å². The molecule has 7 nitrogen and oxygen atoms in total. The SMILES string of the molecule is Cc1cn(Cc2ccc(C(=O)N[C@@H]3CCOC[C@@H]3C(=O)NO)cc2)c2ccccc12. The highest BCUT2D eigenvalue weighted by Crippen LogP contribution is 2.22. The van der Waals surface area contributed by atoms with Gasteiger partial charge in [-0.05, 0) is 42.7 Å². The molecule has 2 atom stereocenters. The van der Waals surface area contributed by atoms with E-state index in [9.17, 15) is 9.59 Å². The summed E-state index contributed by atoms with van der Waals surface area (Å²) in [6.07, 6.45) is 2.66. The lowest BCUT2D eigenvalue weighted by Crippen LogP contribution is -2.51. The molecule has 1 aliphatic heterocycles. The predicted octanol–water partition coefficient (Wildman–Crippen LogP) is 2.64. The monoisotopic (exact) mass is 407 g/mol. The van der Waals surface area contributed by atoms with E-state index in [-0.39, 0.29) is 18.6 Å². The number of aromatic nitrogens is 1. The molecule has 0 aliphatic carbocycles. The minimum atomic E-state index is -0.614. The highest BCUT2D eigenvalue weighted by molar-refractivity contribution is 5.95. The molecule has 30 heavy (non-hydrogen) atoms. The van der Waals surface area contributed by atoms with Gasteiger partial charge in [0, 0.05) is 41.9 Å². The van der Waals surface area contributed by atoms with Crippen molar-refractivity contribution < 1.29 is 19.5 Å². The summed E-state index contributed by atoms with van der Waals surface area (Å²) in [4.78, 5) is 24.5. The van der Waals surface area contributed by atoms with Crippen molar-refractivity contribution in [3.63, 3.8) is 0 Å². The van der Waals surface area contributed by atoms with Crippen LogP contribution in [0.4, 0.5) is 0 Å². The van der Waals surface area contributed by atoms with Crippen molar-refractivity contribution in [2.24, 2.45) is 5.92 Å². The van der Waals surface area contributed by atoms with Crippen molar-refractivity contribution in [2.75, 3.05) is 13.2 Å². The Kier molecular flexibility index (Phi) is 5.83. The summed E-state index contributed by atoms with van der Waals surface area (Å²) in [7, 11) is 0. The van der Waals surface area contributed by atoms with Crippen LogP contribution in [-0.2, 0) is 16.1 Å². The van der Waals surface area contributed by atoms with Crippen LogP contribution in [0, 0.1) is 12.8 Å². The van der Waals surface area contributed by atoms with Crippen LogP contribution in [0.1, 0.15) is 27.9 Å². The molecule has 1 aliphatic rings. The van der Waals surface area contributed by atoms with E-state index < -0.39 is 11.8 Å². The molecule has 7 heteroatoms. The first kappa shape index (κ1) is 20.1. The topological polar surface area (TPSA) is 92.6 Å². The summed E-state index contributed by atoms with van der Waals surface area (Å²) < 4.78 is 7.51. The van der Waals surface area contributed by atoms with E-state index in [1.165, 1.54) is 16.5 Å². The minimum absolute atomic E-state index is 0.167. The molecule has 0 bridgehead atoms. The van der Waals surface area contributed by atoms with Crippen molar-refractivity contribution in [1.29, 1.82) is 0 Å². The number of hydrogen-bond acceptors (Lipinski definition) is 4. The van der Waals surface area contributed by atoms with Crippen LogP contribution in [0.5, 0.6) is 0 Å². The number of nitrogens with one attached hydrogen (secondary N) is 2. The average molecular weight is 407 g/mol. The quantitative estimate of drug-likeness (QED) is 0.448. The fourth-order valence-electron chi connectivity index (χ4n) is 4.02. The lowest BCUT2D eigenvalue weighted by atomic mass is 9.94. The third-order valence-corrected chi connectivity index (χ3v) is 5.68. The van der Waals surface area contributed by atoms with E-state index in [1.807, 2.05) is 24.3 Å². The van der Waals surface area contributed by atoms with Gasteiger partial charge in [-0.15, -0.1) is 0 Å². The number of aryl methyl sites for hydroxylation is 1. The van der Waals surface area contributed by atoms with Crippen molar-refractivity contribution in [3.05, 3.63) is 71.4 Å². The summed E-state index contributed by atoms with van der Waals surface area (Å²) >= 11 is 0. The second kappa shape index (κ2) is 8.69. The Morgan fingerprint density at radius 3 is 2.70 bits per heavy atom. The molecule has 1 aromatic heterocycles. The van der Waals surface area contributed by atoms with Gasteiger partial charge in [-0.1, -0.05) is 30.3 Å². The lowest BCUT2D eigenvalue weighted by Gasteiger charge is -2.30. The molecule has 156 valence electrons. The number of hydroxylamine groups is 1. The third kappa shape index (κ3) is 4.08. The van der Waals surface area contributed by atoms with Gasteiger partial charge in [0.05, 0.1) is 12.5 Å². The van der Waals surface area contributed by atoms with Crippen molar-refractivity contribution >= 4 is 22.7 Å². The third-order valence-electron chi connectivity index (χ3n) is 5.68. The first-order valence-electron chi connectivity index (χ1n) is 10.0. The fourth-order valence-corrected chi connectivity index (χ4v) is 4.02. The zero-order chi connectivity index (χ0) is 21.1. The largest absolute Gasteiger partial charge is 0.380 e. The molecule has 1 saturated heterocycles. The maximum Gasteiger partial charge on any atom is 0.251 e. The molecule has 0 unspecified atom stereocenters. The average Bonchev–Trinajstić information content (AvgIpc) is 3.09.